The Bertz CT molecular complexity index is 118. The number of hydrogen-bond donors (Lipinski definition) is 1. The highest BCUT2D eigenvalue weighted by atomic mass is 31.2. The Hall–Kier alpha value is 0.0700. The zero-order valence-electron chi connectivity index (χ0n) is 7.70. The summed E-state index contributed by atoms with van der Waals surface area (Å²) in [5.41, 5.74) is 0. The van der Waals surface area contributed by atoms with Gasteiger partial charge in [0.15, 0.2) is 0 Å². The molecule has 0 aromatic rings. The van der Waals surface area contributed by atoms with Crippen molar-refractivity contribution >= 4 is 7.82 Å². The van der Waals surface area contributed by atoms with Crippen LogP contribution in [0.25, 0.3) is 0 Å². The van der Waals surface area contributed by atoms with Crippen LogP contribution < -0.4 is 19.6 Å². The third-order valence-electron chi connectivity index (χ3n) is 1.50. The van der Waals surface area contributed by atoms with Gasteiger partial charge in [0.25, 0.3) is 0 Å². The van der Waals surface area contributed by atoms with Crippen molar-refractivity contribution in [1.29, 1.82) is 0 Å². The highest BCUT2D eigenvalue weighted by Crippen LogP contribution is 2.03. The first-order valence-corrected chi connectivity index (χ1v) is 5.37. The second-order valence-corrected chi connectivity index (χ2v) is 3.15. The fourth-order valence-corrected chi connectivity index (χ4v) is 0.750. The molecule has 1 N–H and O–H groups in total. The summed E-state index contributed by atoms with van der Waals surface area (Å²) in [7, 11) is -5.39. The molecule has 12 heavy (non-hydrogen) atoms. The van der Waals surface area contributed by atoms with Crippen molar-refractivity contribution in [1.82, 2.24) is 0 Å². The smallest absolute Gasteiger partial charge is 0.0742 e. The van der Waals surface area contributed by atoms with Crippen molar-refractivity contribution in [2.75, 3.05) is 19.6 Å². The Kier molecular flexibility index (Phi) is 9.37. The van der Waals surface area contributed by atoms with E-state index in [0.717, 1.165) is 0 Å². The van der Waals surface area contributed by atoms with Gasteiger partial charge in [0.2, 0.25) is 0 Å². The first-order valence-electron chi connectivity index (χ1n) is 3.91. The summed E-state index contributed by atoms with van der Waals surface area (Å²) in [5.74, 6) is 0. The molecule has 0 spiro atoms. The highest BCUT2D eigenvalue weighted by molar-refractivity contribution is 7.40. The summed E-state index contributed by atoms with van der Waals surface area (Å²) in [6, 6.07) is 0. The molecule has 0 aliphatic rings. The van der Waals surface area contributed by atoms with E-state index in [4.69, 9.17) is 19.2 Å². The monoisotopic (exact) mass is 197 g/mol. The van der Waals surface area contributed by atoms with Crippen LogP contribution in [-0.4, -0.2) is 19.6 Å². The normalized spacial score (nSPS) is 10.9. The zero-order valence-corrected chi connectivity index (χ0v) is 8.60. The topological polar surface area (TPSA) is 90.7 Å². The summed E-state index contributed by atoms with van der Waals surface area (Å²) in [6.45, 7) is 10.5. The zero-order chi connectivity index (χ0) is 10.2. The van der Waals surface area contributed by atoms with Gasteiger partial charge in [-0.25, -0.2) is 0 Å². The van der Waals surface area contributed by atoms with Crippen LogP contribution in [0.15, 0.2) is 0 Å². The summed E-state index contributed by atoms with van der Waals surface area (Å²) < 4.78 is 8.55. The lowest BCUT2D eigenvalue weighted by atomic mass is 10.5. The highest BCUT2D eigenvalue weighted by Gasteiger charge is 1.92. The largest absolute Gasteiger partial charge is 0.822 e. The first-order chi connectivity index (χ1) is 5.35. The van der Waals surface area contributed by atoms with Crippen LogP contribution in [-0.2, 0) is 4.57 Å². The first kappa shape index (κ1) is 14.6. The lowest BCUT2D eigenvalue weighted by Gasteiger charge is -2.36. The molecular formula is C6H16NO4P-2. The van der Waals surface area contributed by atoms with E-state index in [9.17, 15) is 0 Å². The molecule has 0 aromatic heterocycles. The molecule has 0 aliphatic heterocycles. The third-order valence-corrected chi connectivity index (χ3v) is 1.50. The van der Waals surface area contributed by atoms with Gasteiger partial charge in [0.05, 0.1) is 19.6 Å². The SMILES string of the molecule is CC[NH+](CC)CC.O=P([O-])([O-])[O-]. The van der Waals surface area contributed by atoms with Crippen molar-refractivity contribution in [2.45, 2.75) is 20.8 Å². The molecule has 0 saturated carbocycles. The second-order valence-electron chi connectivity index (χ2n) is 2.26. The van der Waals surface area contributed by atoms with E-state index in [1.54, 1.807) is 4.90 Å². The molecule has 0 unspecified atom stereocenters. The average Bonchev–Trinajstić information content (AvgIpc) is 1.88. The minimum atomic E-state index is -5.39. The van der Waals surface area contributed by atoms with Gasteiger partial charge < -0.3 is 24.1 Å². The number of rotatable bonds is 3. The lowest BCUT2D eigenvalue weighted by molar-refractivity contribution is -0.894. The molecule has 76 valence electrons. The molecular weight excluding hydrogens is 181 g/mol. The van der Waals surface area contributed by atoms with Crippen LogP contribution in [0.2, 0.25) is 0 Å². The maximum absolute atomic E-state index is 8.55. The van der Waals surface area contributed by atoms with Gasteiger partial charge in [0, 0.05) is 0 Å². The van der Waals surface area contributed by atoms with E-state index >= 15 is 0 Å². The third kappa shape index (κ3) is 22.5. The lowest BCUT2D eigenvalue weighted by Crippen LogP contribution is -3.11. The molecule has 5 nitrogen and oxygen atoms in total. The Morgan fingerprint density at radius 1 is 1.00 bits per heavy atom. The minimum absolute atomic E-state index is 1.27. The molecule has 0 atom stereocenters. The van der Waals surface area contributed by atoms with E-state index in [1.807, 2.05) is 0 Å². The van der Waals surface area contributed by atoms with E-state index < -0.39 is 7.82 Å². The van der Waals surface area contributed by atoms with E-state index in [0.29, 0.717) is 0 Å². The van der Waals surface area contributed by atoms with Gasteiger partial charge >= 0.3 is 0 Å². The van der Waals surface area contributed by atoms with E-state index in [-0.39, 0.29) is 0 Å². The number of nitrogens with one attached hydrogen (secondary N) is 1. The molecule has 0 rings (SSSR count). The van der Waals surface area contributed by atoms with Gasteiger partial charge in [-0.3, -0.25) is 0 Å². The quantitative estimate of drug-likeness (QED) is 0.491. The summed E-state index contributed by atoms with van der Waals surface area (Å²) in [4.78, 5) is 27.3. The van der Waals surface area contributed by atoms with Gasteiger partial charge in [-0.15, -0.1) is 0 Å². The maximum atomic E-state index is 8.55. The molecule has 0 fully saturated rings. The fourth-order valence-electron chi connectivity index (χ4n) is 0.750. The van der Waals surface area contributed by atoms with Crippen molar-refractivity contribution < 1.29 is 24.1 Å². The Labute approximate surface area is 73.3 Å². The van der Waals surface area contributed by atoms with Crippen LogP contribution in [0.4, 0.5) is 0 Å². The van der Waals surface area contributed by atoms with Crippen molar-refractivity contribution in [3.8, 4) is 0 Å². The van der Waals surface area contributed by atoms with Crippen LogP contribution in [0.5, 0.6) is 0 Å². The predicted molar refractivity (Wildman–Crippen MR) is 40.2 cm³/mol. The standard InChI is InChI=1S/C6H15N.H3O4P/c1-4-7(5-2)6-3;1-5(2,3)4/h4-6H2,1-3H3;(H3,1,2,3,4)/p-2. The van der Waals surface area contributed by atoms with Crippen molar-refractivity contribution in [3.63, 3.8) is 0 Å². The Balaban J connectivity index is 0. The van der Waals surface area contributed by atoms with Gasteiger partial charge in [-0.05, 0) is 20.8 Å². The van der Waals surface area contributed by atoms with Crippen LogP contribution >= 0.6 is 7.82 Å². The van der Waals surface area contributed by atoms with Gasteiger partial charge in [-0.2, -0.15) is 7.82 Å². The molecule has 0 radical (unpaired) electrons. The van der Waals surface area contributed by atoms with E-state index in [1.165, 1.54) is 19.6 Å². The molecule has 0 heterocycles. The Morgan fingerprint density at radius 3 is 1.17 bits per heavy atom. The average molecular weight is 197 g/mol. The molecule has 0 aromatic carbocycles. The summed E-state index contributed by atoms with van der Waals surface area (Å²) in [5, 5.41) is 0. The van der Waals surface area contributed by atoms with Crippen molar-refractivity contribution in [3.05, 3.63) is 0 Å². The minimum Gasteiger partial charge on any atom is -0.822 e. The van der Waals surface area contributed by atoms with Crippen LogP contribution in [0.1, 0.15) is 20.8 Å². The molecule has 0 aliphatic carbocycles. The van der Waals surface area contributed by atoms with Gasteiger partial charge in [-0.1, -0.05) is 0 Å². The van der Waals surface area contributed by atoms with Crippen molar-refractivity contribution in [2.24, 2.45) is 0 Å². The predicted octanol–water partition coefficient (Wildman–Crippen LogP) is -2.89. The molecule has 0 bridgehead atoms. The van der Waals surface area contributed by atoms with E-state index in [2.05, 4.69) is 20.8 Å². The van der Waals surface area contributed by atoms with Crippen LogP contribution in [0, 0.1) is 0 Å². The maximum Gasteiger partial charge on any atom is 0.0742 e. The van der Waals surface area contributed by atoms with Crippen LogP contribution in [0.3, 0.4) is 0 Å². The second kappa shape index (κ2) is 7.71. The molecule has 6 heteroatoms. The molecule has 0 amide bonds. The Morgan fingerprint density at radius 2 is 1.17 bits per heavy atom. The fraction of sp³-hybridized carbons (Fsp3) is 1.00. The summed E-state index contributed by atoms with van der Waals surface area (Å²) >= 11 is 0. The number of phosphoric acid groups is 1. The molecule has 0 saturated heterocycles. The van der Waals surface area contributed by atoms with Gasteiger partial charge in [0.1, 0.15) is 0 Å². The number of hydrogen-bond acceptors (Lipinski definition) is 4. The number of quaternary nitrogens is 1. The summed E-state index contributed by atoms with van der Waals surface area (Å²) in [6.07, 6.45) is 0.